The van der Waals surface area contributed by atoms with E-state index in [0.717, 1.165) is 42.7 Å². The van der Waals surface area contributed by atoms with Crippen molar-refractivity contribution in [2.45, 2.75) is 51.4 Å². The molecule has 0 spiro atoms. The van der Waals surface area contributed by atoms with Gasteiger partial charge in [-0.05, 0) is 37.3 Å². The highest BCUT2D eigenvalue weighted by molar-refractivity contribution is 5.75. The Bertz CT molecular complexity index is 589. The number of fused-ring (bicyclic) bond motifs is 1. The van der Waals surface area contributed by atoms with Crippen LogP contribution in [0, 0.1) is 5.92 Å². The van der Waals surface area contributed by atoms with Crippen molar-refractivity contribution in [2.24, 2.45) is 5.92 Å². The zero-order chi connectivity index (χ0) is 14.1. The molecular weight excluding hydrogens is 252 g/mol. The standard InChI is InChI=1S/C16H22N2O2/c1-2-9-18-13-6-4-3-5-12(13)17-15(18)10-14(19)16(20)11-7-8-11/h3-6,11,14,16,19-20H,2,7-10H2,1H3. The highest BCUT2D eigenvalue weighted by Gasteiger charge is 2.35. The van der Waals surface area contributed by atoms with E-state index in [4.69, 9.17) is 0 Å². The zero-order valence-corrected chi connectivity index (χ0v) is 11.9. The highest BCUT2D eigenvalue weighted by Crippen LogP contribution is 2.34. The molecule has 1 aliphatic carbocycles. The number of rotatable bonds is 6. The molecule has 1 aromatic heterocycles. The molecule has 2 atom stereocenters. The summed E-state index contributed by atoms with van der Waals surface area (Å²) in [6.07, 6.45) is 2.19. The number of imidazole rings is 1. The highest BCUT2D eigenvalue weighted by atomic mass is 16.3. The maximum absolute atomic E-state index is 10.2. The molecule has 4 heteroatoms. The predicted octanol–water partition coefficient (Wildman–Crippen LogP) is 2.12. The molecule has 4 nitrogen and oxygen atoms in total. The third-order valence-corrected chi connectivity index (χ3v) is 4.07. The monoisotopic (exact) mass is 274 g/mol. The van der Waals surface area contributed by atoms with Gasteiger partial charge in [-0.2, -0.15) is 0 Å². The second-order valence-corrected chi connectivity index (χ2v) is 5.77. The minimum atomic E-state index is -0.713. The molecule has 0 radical (unpaired) electrons. The molecular formula is C16H22N2O2. The number of para-hydroxylation sites is 2. The fraction of sp³-hybridized carbons (Fsp3) is 0.562. The quantitative estimate of drug-likeness (QED) is 0.848. The average molecular weight is 274 g/mol. The minimum absolute atomic E-state index is 0.286. The molecule has 2 aromatic rings. The number of aliphatic hydroxyl groups is 2. The van der Waals surface area contributed by atoms with E-state index in [0.29, 0.717) is 6.42 Å². The number of nitrogens with zero attached hydrogens (tertiary/aromatic N) is 2. The molecule has 108 valence electrons. The van der Waals surface area contributed by atoms with E-state index in [1.54, 1.807) is 0 Å². The van der Waals surface area contributed by atoms with Crippen molar-refractivity contribution in [1.29, 1.82) is 0 Å². The van der Waals surface area contributed by atoms with E-state index in [1.165, 1.54) is 0 Å². The Morgan fingerprint density at radius 3 is 2.75 bits per heavy atom. The van der Waals surface area contributed by atoms with Gasteiger partial charge in [0.25, 0.3) is 0 Å². The first-order valence-corrected chi connectivity index (χ1v) is 7.51. The fourth-order valence-corrected chi connectivity index (χ4v) is 2.81. The van der Waals surface area contributed by atoms with Gasteiger partial charge in [0.15, 0.2) is 0 Å². The van der Waals surface area contributed by atoms with E-state index >= 15 is 0 Å². The van der Waals surface area contributed by atoms with Crippen LogP contribution >= 0.6 is 0 Å². The Labute approximate surface area is 119 Å². The minimum Gasteiger partial charge on any atom is -0.390 e. The molecule has 2 unspecified atom stereocenters. The molecule has 1 aliphatic rings. The van der Waals surface area contributed by atoms with Crippen LogP contribution in [0.4, 0.5) is 0 Å². The number of hydrogen-bond acceptors (Lipinski definition) is 3. The molecule has 2 N–H and O–H groups in total. The first-order valence-electron chi connectivity index (χ1n) is 7.51. The van der Waals surface area contributed by atoms with Crippen molar-refractivity contribution in [2.75, 3.05) is 0 Å². The van der Waals surface area contributed by atoms with Crippen LogP contribution in [0.5, 0.6) is 0 Å². The van der Waals surface area contributed by atoms with Gasteiger partial charge >= 0.3 is 0 Å². The van der Waals surface area contributed by atoms with Crippen LogP contribution in [-0.4, -0.2) is 32.0 Å². The van der Waals surface area contributed by atoms with Crippen LogP contribution in [-0.2, 0) is 13.0 Å². The maximum Gasteiger partial charge on any atom is 0.112 e. The summed E-state index contributed by atoms with van der Waals surface area (Å²) >= 11 is 0. The van der Waals surface area contributed by atoms with Gasteiger partial charge in [0, 0.05) is 13.0 Å². The van der Waals surface area contributed by atoms with Crippen molar-refractivity contribution in [3.63, 3.8) is 0 Å². The molecule has 3 rings (SSSR count). The number of hydrogen-bond donors (Lipinski definition) is 2. The third kappa shape index (κ3) is 2.58. The SMILES string of the molecule is CCCn1c(CC(O)C(O)C2CC2)nc2ccccc21. The Morgan fingerprint density at radius 1 is 1.30 bits per heavy atom. The predicted molar refractivity (Wildman–Crippen MR) is 78.5 cm³/mol. The van der Waals surface area contributed by atoms with Gasteiger partial charge in [-0.3, -0.25) is 0 Å². The van der Waals surface area contributed by atoms with Crippen molar-refractivity contribution in [1.82, 2.24) is 9.55 Å². The number of aliphatic hydroxyl groups excluding tert-OH is 2. The van der Waals surface area contributed by atoms with Crippen molar-refractivity contribution >= 4 is 11.0 Å². The van der Waals surface area contributed by atoms with E-state index in [9.17, 15) is 10.2 Å². The fourth-order valence-electron chi connectivity index (χ4n) is 2.81. The molecule has 0 aliphatic heterocycles. The summed E-state index contributed by atoms with van der Waals surface area (Å²) in [5, 5.41) is 20.2. The van der Waals surface area contributed by atoms with Crippen LogP contribution in [0.15, 0.2) is 24.3 Å². The third-order valence-electron chi connectivity index (χ3n) is 4.07. The van der Waals surface area contributed by atoms with Gasteiger partial charge in [0.1, 0.15) is 5.82 Å². The van der Waals surface area contributed by atoms with Crippen molar-refractivity contribution in [3.05, 3.63) is 30.1 Å². The first-order chi connectivity index (χ1) is 9.70. The van der Waals surface area contributed by atoms with Gasteiger partial charge in [-0.1, -0.05) is 19.1 Å². The average Bonchev–Trinajstić information content (AvgIpc) is 3.24. The van der Waals surface area contributed by atoms with Gasteiger partial charge in [-0.25, -0.2) is 4.98 Å². The molecule has 0 amide bonds. The Balaban J connectivity index is 1.87. The summed E-state index contributed by atoms with van der Waals surface area (Å²) in [5.74, 6) is 1.16. The maximum atomic E-state index is 10.2. The Morgan fingerprint density at radius 2 is 2.05 bits per heavy atom. The second-order valence-electron chi connectivity index (χ2n) is 5.77. The lowest BCUT2D eigenvalue weighted by Crippen LogP contribution is -2.30. The smallest absolute Gasteiger partial charge is 0.112 e. The van der Waals surface area contributed by atoms with Crippen LogP contribution in [0.25, 0.3) is 11.0 Å². The summed E-state index contributed by atoms with van der Waals surface area (Å²) in [6.45, 7) is 3.02. The second kappa shape index (κ2) is 5.54. The number of benzene rings is 1. The van der Waals surface area contributed by atoms with Crippen molar-refractivity contribution in [3.8, 4) is 0 Å². The van der Waals surface area contributed by atoms with Gasteiger partial charge < -0.3 is 14.8 Å². The normalized spacial score (nSPS) is 18.4. The van der Waals surface area contributed by atoms with Crippen LogP contribution in [0.2, 0.25) is 0 Å². The van der Waals surface area contributed by atoms with Crippen molar-refractivity contribution < 1.29 is 10.2 Å². The summed E-state index contributed by atoms with van der Waals surface area (Å²) in [7, 11) is 0. The largest absolute Gasteiger partial charge is 0.390 e. The molecule has 1 heterocycles. The molecule has 0 bridgehead atoms. The Kier molecular flexibility index (Phi) is 3.76. The summed E-state index contributed by atoms with van der Waals surface area (Å²) in [4.78, 5) is 4.63. The van der Waals surface area contributed by atoms with Gasteiger partial charge in [-0.15, -0.1) is 0 Å². The van der Waals surface area contributed by atoms with E-state index in [2.05, 4.69) is 22.5 Å². The number of aromatic nitrogens is 2. The molecule has 1 saturated carbocycles. The summed E-state index contributed by atoms with van der Waals surface area (Å²) < 4.78 is 2.16. The zero-order valence-electron chi connectivity index (χ0n) is 11.9. The topological polar surface area (TPSA) is 58.3 Å². The lowest BCUT2D eigenvalue weighted by atomic mass is 10.1. The molecule has 1 fully saturated rings. The van der Waals surface area contributed by atoms with Gasteiger partial charge in [0.05, 0.1) is 23.2 Å². The Hall–Kier alpha value is -1.39. The summed E-state index contributed by atoms with van der Waals surface area (Å²) in [5.41, 5.74) is 2.07. The van der Waals surface area contributed by atoms with E-state index in [-0.39, 0.29) is 5.92 Å². The summed E-state index contributed by atoms with van der Waals surface area (Å²) in [6, 6.07) is 8.04. The lowest BCUT2D eigenvalue weighted by molar-refractivity contribution is 0.00530. The van der Waals surface area contributed by atoms with Crippen LogP contribution < -0.4 is 0 Å². The molecule has 0 saturated heterocycles. The molecule has 1 aromatic carbocycles. The van der Waals surface area contributed by atoms with Crippen LogP contribution in [0.3, 0.4) is 0 Å². The van der Waals surface area contributed by atoms with E-state index in [1.807, 2.05) is 18.2 Å². The van der Waals surface area contributed by atoms with Crippen LogP contribution in [0.1, 0.15) is 32.0 Å². The van der Waals surface area contributed by atoms with Gasteiger partial charge in [0.2, 0.25) is 0 Å². The number of aryl methyl sites for hydroxylation is 1. The lowest BCUT2D eigenvalue weighted by Gasteiger charge is -2.17. The first kappa shape index (κ1) is 13.6. The molecule has 20 heavy (non-hydrogen) atoms. The van der Waals surface area contributed by atoms with E-state index < -0.39 is 12.2 Å².